The van der Waals surface area contributed by atoms with Crippen LogP contribution in [0.2, 0.25) is 0 Å². The SMILES string of the molecule is COCC(C)N(C)CCCCC#N. The van der Waals surface area contributed by atoms with E-state index in [-0.39, 0.29) is 0 Å². The van der Waals surface area contributed by atoms with E-state index in [2.05, 4.69) is 24.9 Å². The number of ether oxygens (including phenoxy) is 1. The van der Waals surface area contributed by atoms with Gasteiger partial charge in [-0.25, -0.2) is 0 Å². The van der Waals surface area contributed by atoms with Crippen LogP contribution in [0.4, 0.5) is 0 Å². The minimum atomic E-state index is 0.465. The van der Waals surface area contributed by atoms with Crippen molar-refractivity contribution >= 4 is 0 Å². The molecule has 0 saturated heterocycles. The predicted molar refractivity (Wildman–Crippen MR) is 53.4 cm³/mol. The standard InChI is InChI=1S/C10H20N2O/c1-10(9-13-3)12(2)8-6-4-5-7-11/h10H,4-6,8-9H2,1-3H3. The third kappa shape index (κ3) is 6.56. The largest absolute Gasteiger partial charge is 0.383 e. The van der Waals surface area contributed by atoms with Crippen molar-refractivity contribution < 1.29 is 4.74 Å². The lowest BCUT2D eigenvalue weighted by Crippen LogP contribution is -2.33. The van der Waals surface area contributed by atoms with E-state index >= 15 is 0 Å². The topological polar surface area (TPSA) is 36.3 Å². The van der Waals surface area contributed by atoms with Gasteiger partial charge in [0.05, 0.1) is 12.7 Å². The second-order valence-electron chi connectivity index (χ2n) is 3.40. The van der Waals surface area contributed by atoms with Gasteiger partial charge in [-0.1, -0.05) is 0 Å². The van der Waals surface area contributed by atoms with E-state index in [1.54, 1.807) is 7.11 Å². The summed E-state index contributed by atoms with van der Waals surface area (Å²) in [4.78, 5) is 2.26. The second kappa shape index (κ2) is 8.03. The van der Waals surface area contributed by atoms with Crippen LogP contribution in [0.25, 0.3) is 0 Å². The van der Waals surface area contributed by atoms with Crippen LogP contribution in [0, 0.1) is 11.3 Å². The Morgan fingerprint density at radius 3 is 2.69 bits per heavy atom. The predicted octanol–water partition coefficient (Wildman–Crippen LogP) is 1.65. The Labute approximate surface area is 81.3 Å². The van der Waals surface area contributed by atoms with Gasteiger partial charge in [0, 0.05) is 19.6 Å². The number of hydrogen-bond acceptors (Lipinski definition) is 3. The van der Waals surface area contributed by atoms with Crippen molar-refractivity contribution in [1.29, 1.82) is 5.26 Å². The fourth-order valence-electron chi connectivity index (χ4n) is 1.15. The molecule has 0 saturated carbocycles. The molecule has 0 aromatic carbocycles. The summed E-state index contributed by atoms with van der Waals surface area (Å²) in [6.07, 6.45) is 2.77. The molecule has 0 aliphatic rings. The summed E-state index contributed by atoms with van der Waals surface area (Å²) >= 11 is 0. The number of hydrogen-bond donors (Lipinski definition) is 0. The zero-order chi connectivity index (χ0) is 10.1. The Morgan fingerprint density at radius 2 is 2.15 bits per heavy atom. The molecule has 1 atom stereocenters. The molecule has 1 unspecified atom stereocenters. The minimum absolute atomic E-state index is 0.465. The molecular formula is C10H20N2O. The van der Waals surface area contributed by atoms with Gasteiger partial charge in [0.2, 0.25) is 0 Å². The van der Waals surface area contributed by atoms with Crippen LogP contribution in [-0.2, 0) is 4.74 Å². The van der Waals surface area contributed by atoms with Crippen LogP contribution in [0.15, 0.2) is 0 Å². The molecule has 0 aromatic rings. The fourth-order valence-corrected chi connectivity index (χ4v) is 1.15. The number of rotatable bonds is 7. The molecule has 0 spiro atoms. The summed E-state index contributed by atoms with van der Waals surface area (Å²) in [7, 11) is 3.82. The lowest BCUT2D eigenvalue weighted by atomic mass is 10.2. The number of nitriles is 1. The number of likely N-dealkylation sites (N-methyl/N-ethyl adjacent to an activating group) is 1. The molecular weight excluding hydrogens is 164 g/mol. The normalized spacial score (nSPS) is 12.8. The molecule has 3 heteroatoms. The van der Waals surface area contributed by atoms with Crippen LogP contribution >= 0.6 is 0 Å². The highest BCUT2D eigenvalue weighted by Crippen LogP contribution is 2.00. The van der Waals surface area contributed by atoms with Crippen molar-refractivity contribution in [1.82, 2.24) is 4.90 Å². The van der Waals surface area contributed by atoms with Crippen LogP contribution in [0.3, 0.4) is 0 Å². The van der Waals surface area contributed by atoms with Crippen LogP contribution in [-0.4, -0.2) is 38.3 Å². The van der Waals surface area contributed by atoms with E-state index in [1.807, 2.05) is 0 Å². The van der Waals surface area contributed by atoms with Crippen LogP contribution in [0.1, 0.15) is 26.2 Å². The molecule has 0 radical (unpaired) electrons. The highest BCUT2D eigenvalue weighted by Gasteiger charge is 2.07. The minimum Gasteiger partial charge on any atom is -0.383 e. The molecule has 0 rings (SSSR count). The average Bonchev–Trinajstić information content (AvgIpc) is 2.12. The molecule has 13 heavy (non-hydrogen) atoms. The quantitative estimate of drug-likeness (QED) is 0.564. The zero-order valence-electron chi connectivity index (χ0n) is 8.92. The molecule has 0 bridgehead atoms. The van der Waals surface area contributed by atoms with E-state index in [4.69, 9.17) is 10.00 Å². The van der Waals surface area contributed by atoms with E-state index in [1.165, 1.54) is 0 Å². The summed E-state index contributed by atoms with van der Waals surface area (Å²) in [5, 5.41) is 8.34. The number of unbranched alkanes of at least 4 members (excludes halogenated alkanes) is 2. The van der Waals surface area contributed by atoms with Crippen molar-refractivity contribution in [2.24, 2.45) is 0 Å². The first-order valence-electron chi connectivity index (χ1n) is 4.78. The van der Waals surface area contributed by atoms with Crippen LogP contribution in [0.5, 0.6) is 0 Å². The third-order valence-corrected chi connectivity index (χ3v) is 2.21. The highest BCUT2D eigenvalue weighted by molar-refractivity contribution is 4.69. The Morgan fingerprint density at radius 1 is 1.46 bits per heavy atom. The molecule has 0 fully saturated rings. The van der Waals surface area contributed by atoms with Gasteiger partial charge in [0.15, 0.2) is 0 Å². The van der Waals surface area contributed by atoms with E-state index < -0.39 is 0 Å². The highest BCUT2D eigenvalue weighted by atomic mass is 16.5. The van der Waals surface area contributed by atoms with Gasteiger partial charge in [-0.3, -0.25) is 0 Å². The first-order chi connectivity index (χ1) is 6.22. The van der Waals surface area contributed by atoms with Crippen molar-refractivity contribution in [3.8, 4) is 6.07 Å². The van der Waals surface area contributed by atoms with Crippen molar-refractivity contribution in [2.45, 2.75) is 32.2 Å². The molecule has 0 N–H and O–H groups in total. The summed E-state index contributed by atoms with van der Waals surface area (Å²) < 4.78 is 5.06. The van der Waals surface area contributed by atoms with Gasteiger partial charge in [0.1, 0.15) is 0 Å². The monoisotopic (exact) mass is 184 g/mol. The van der Waals surface area contributed by atoms with Gasteiger partial charge < -0.3 is 9.64 Å². The molecule has 76 valence electrons. The van der Waals surface area contributed by atoms with Gasteiger partial charge in [-0.2, -0.15) is 5.26 Å². The Bertz CT molecular complexity index is 153. The summed E-state index contributed by atoms with van der Waals surface area (Å²) in [5.74, 6) is 0. The maximum Gasteiger partial charge on any atom is 0.0621 e. The van der Waals surface area contributed by atoms with E-state index in [0.717, 1.165) is 26.0 Å². The Balaban J connectivity index is 3.39. The summed E-state index contributed by atoms with van der Waals surface area (Å²) in [6, 6.07) is 2.62. The molecule has 3 nitrogen and oxygen atoms in total. The smallest absolute Gasteiger partial charge is 0.0621 e. The summed E-state index contributed by atoms with van der Waals surface area (Å²) in [6.45, 7) is 3.97. The van der Waals surface area contributed by atoms with E-state index in [0.29, 0.717) is 12.5 Å². The van der Waals surface area contributed by atoms with Crippen molar-refractivity contribution in [2.75, 3.05) is 27.3 Å². The molecule has 0 aromatic heterocycles. The molecule has 0 aliphatic heterocycles. The van der Waals surface area contributed by atoms with Gasteiger partial charge >= 0.3 is 0 Å². The molecule has 0 amide bonds. The number of methoxy groups -OCH3 is 1. The second-order valence-corrected chi connectivity index (χ2v) is 3.40. The van der Waals surface area contributed by atoms with Gasteiger partial charge in [0.25, 0.3) is 0 Å². The van der Waals surface area contributed by atoms with Gasteiger partial charge in [-0.05, 0) is 33.4 Å². The third-order valence-electron chi connectivity index (χ3n) is 2.21. The molecule has 0 aliphatic carbocycles. The fraction of sp³-hybridized carbons (Fsp3) is 0.900. The average molecular weight is 184 g/mol. The lowest BCUT2D eigenvalue weighted by Gasteiger charge is -2.23. The number of nitrogens with zero attached hydrogens (tertiary/aromatic N) is 2. The molecule has 0 heterocycles. The van der Waals surface area contributed by atoms with Gasteiger partial charge in [-0.15, -0.1) is 0 Å². The van der Waals surface area contributed by atoms with Crippen molar-refractivity contribution in [3.63, 3.8) is 0 Å². The Hall–Kier alpha value is -0.590. The zero-order valence-corrected chi connectivity index (χ0v) is 8.92. The maximum absolute atomic E-state index is 8.34. The first kappa shape index (κ1) is 12.4. The lowest BCUT2D eigenvalue weighted by molar-refractivity contribution is 0.114. The maximum atomic E-state index is 8.34. The first-order valence-corrected chi connectivity index (χ1v) is 4.78. The Kier molecular flexibility index (Phi) is 7.66. The van der Waals surface area contributed by atoms with E-state index in [9.17, 15) is 0 Å². The van der Waals surface area contributed by atoms with Crippen molar-refractivity contribution in [3.05, 3.63) is 0 Å². The summed E-state index contributed by atoms with van der Waals surface area (Å²) in [5.41, 5.74) is 0. The van der Waals surface area contributed by atoms with Crippen LogP contribution < -0.4 is 0 Å².